The van der Waals surface area contributed by atoms with Crippen molar-refractivity contribution in [3.63, 3.8) is 0 Å². The minimum absolute atomic E-state index is 0.833. The summed E-state index contributed by atoms with van der Waals surface area (Å²) in [6.45, 7) is 1.41. The van der Waals surface area contributed by atoms with Gasteiger partial charge in [0.2, 0.25) is 0 Å². The summed E-state index contributed by atoms with van der Waals surface area (Å²) in [7, 11) is 0.0486. The molecule has 0 aromatic rings. The van der Waals surface area contributed by atoms with Gasteiger partial charge in [0, 0.05) is 20.9 Å². The van der Waals surface area contributed by atoms with Crippen molar-refractivity contribution in [2.24, 2.45) is 11.5 Å². The second-order valence-electron chi connectivity index (χ2n) is 1.54. The number of hydrogen-bond acceptors (Lipinski definition) is 4. The Labute approximate surface area is 65.4 Å². The lowest BCUT2D eigenvalue weighted by Crippen LogP contribution is -2.18. The fourth-order valence-corrected chi connectivity index (χ4v) is 0.224. The van der Waals surface area contributed by atoms with E-state index >= 15 is 0 Å². The summed E-state index contributed by atoms with van der Waals surface area (Å²) in [5.41, 5.74) is 8.50. The predicted octanol–water partition coefficient (Wildman–Crippen LogP) is 0.126. The molecule has 0 saturated carbocycles. The van der Waals surface area contributed by atoms with Gasteiger partial charge in [-0.1, -0.05) is 0 Å². The molecular weight excluding hydrogens is 171 g/mol. The Bertz CT molecular complexity index is 148. The van der Waals surface area contributed by atoms with Gasteiger partial charge >= 0.3 is 13.6 Å². The molecule has 4 N–H and O–H groups in total. The van der Waals surface area contributed by atoms with E-state index in [0.717, 1.165) is 0 Å². The molecule has 0 heterocycles. The molecule has 68 valence electrons. The first-order valence-corrected chi connectivity index (χ1v) is 4.58. The van der Waals surface area contributed by atoms with Crippen molar-refractivity contribution in [1.82, 2.24) is 0 Å². The van der Waals surface area contributed by atoms with Gasteiger partial charge in [0.25, 0.3) is 0 Å². The molecule has 0 rings (SSSR count). The minimum atomic E-state index is -2.65. The van der Waals surface area contributed by atoms with Crippen LogP contribution in [0.5, 0.6) is 0 Å². The van der Waals surface area contributed by atoms with Crippen LogP contribution in [0.4, 0.5) is 4.79 Å². The van der Waals surface area contributed by atoms with Crippen molar-refractivity contribution in [2.75, 3.05) is 20.9 Å². The quantitative estimate of drug-likeness (QED) is 0.594. The van der Waals surface area contributed by atoms with E-state index in [1.54, 1.807) is 0 Å². The molecule has 0 bridgehead atoms. The molecule has 0 aromatic heterocycles. The minimum Gasteiger partial charge on any atom is -0.352 e. The van der Waals surface area contributed by atoms with Gasteiger partial charge in [0.1, 0.15) is 0 Å². The first-order chi connectivity index (χ1) is 4.85. The SMILES string of the molecule is COP(C)(=O)OC.NC(N)=O. The third kappa shape index (κ3) is 17.7. The van der Waals surface area contributed by atoms with E-state index in [2.05, 4.69) is 20.5 Å². The zero-order valence-corrected chi connectivity index (χ0v) is 7.63. The van der Waals surface area contributed by atoms with E-state index in [-0.39, 0.29) is 0 Å². The van der Waals surface area contributed by atoms with Gasteiger partial charge in [-0.3, -0.25) is 4.57 Å². The Morgan fingerprint density at radius 3 is 1.45 bits per heavy atom. The number of hydrogen-bond donors (Lipinski definition) is 2. The summed E-state index contributed by atoms with van der Waals surface area (Å²) in [4.78, 5) is 9.00. The van der Waals surface area contributed by atoms with Gasteiger partial charge in [0.15, 0.2) is 0 Å². The summed E-state index contributed by atoms with van der Waals surface area (Å²) in [6, 6.07) is -0.833. The van der Waals surface area contributed by atoms with Crippen LogP contribution in [0.15, 0.2) is 0 Å². The third-order valence-corrected chi connectivity index (χ3v) is 1.99. The Kier molecular flexibility index (Phi) is 7.29. The number of carbonyl (C=O) groups is 1. The largest absolute Gasteiger partial charge is 0.352 e. The zero-order valence-electron chi connectivity index (χ0n) is 6.73. The highest BCUT2D eigenvalue weighted by atomic mass is 31.2. The predicted molar refractivity (Wildman–Crippen MR) is 41.3 cm³/mol. The van der Waals surface area contributed by atoms with Crippen LogP contribution in [0.1, 0.15) is 0 Å². The lowest BCUT2D eigenvalue weighted by molar-refractivity contribution is 0.256. The van der Waals surface area contributed by atoms with Crippen molar-refractivity contribution in [3.05, 3.63) is 0 Å². The molecule has 0 aliphatic rings. The molecule has 0 aliphatic heterocycles. The first kappa shape index (κ1) is 13.0. The number of carbonyl (C=O) groups excluding carboxylic acids is 1. The van der Waals surface area contributed by atoms with Crippen LogP contribution in [-0.4, -0.2) is 26.9 Å². The van der Waals surface area contributed by atoms with Crippen LogP contribution < -0.4 is 11.5 Å². The normalized spacial score (nSPS) is 9.73. The van der Waals surface area contributed by atoms with Gasteiger partial charge in [-0.05, 0) is 0 Å². The lowest BCUT2D eigenvalue weighted by atomic mass is 11.2. The molecule has 0 saturated heterocycles. The first-order valence-electron chi connectivity index (χ1n) is 2.59. The van der Waals surface area contributed by atoms with Crippen LogP contribution in [0.25, 0.3) is 0 Å². The van der Waals surface area contributed by atoms with Crippen molar-refractivity contribution in [1.29, 1.82) is 0 Å². The highest BCUT2D eigenvalue weighted by Crippen LogP contribution is 2.40. The number of rotatable bonds is 2. The van der Waals surface area contributed by atoms with Gasteiger partial charge < -0.3 is 20.5 Å². The molecule has 7 heteroatoms. The second kappa shape index (κ2) is 6.15. The van der Waals surface area contributed by atoms with E-state index in [1.165, 1.54) is 20.9 Å². The number of amides is 2. The Morgan fingerprint density at radius 2 is 1.45 bits per heavy atom. The number of primary amides is 2. The summed E-state index contributed by atoms with van der Waals surface area (Å²) < 4.78 is 19.3. The fourth-order valence-electron chi connectivity index (χ4n) is 0.0745. The average Bonchev–Trinajstić information content (AvgIpc) is 1.87. The van der Waals surface area contributed by atoms with Crippen molar-refractivity contribution < 1.29 is 18.4 Å². The smallest absolute Gasteiger partial charge is 0.327 e. The van der Waals surface area contributed by atoms with Crippen molar-refractivity contribution in [3.8, 4) is 0 Å². The Balaban J connectivity index is 0. The van der Waals surface area contributed by atoms with Gasteiger partial charge in [0.05, 0.1) is 0 Å². The Hall–Kier alpha value is -0.580. The highest BCUT2D eigenvalue weighted by molar-refractivity contribution is 7.52. The molecular formula is C4H13N2O4P. The maximum atomic E-state index is 10.5. The topological polar surface area (TPSA) is 105 Å². The fraction of sp³-hybridized carbons (Fsp3) is 0.750. The second-order valence-corrected chi connectivity index (χ2v) is 3.81. The molecule has 0 atom stereocenters. The van der Waals surface area contributed by atoms with Crippen molar-refractivity contribution in [2.45, 2.75) is 0 Å². The maximum absolute atomic E-state index is 10.5. The summed E-state index contributed by atoms with van der Waals surface area (Å²) in [5, 5.41) is 0. The van der Waals surface area contributed by atoms with Crippen LogP contribution in [0, 0.1) is 0 Å². The standard InChI is InChI=1S/C3H9O3P.CH4N2O/c1-5-7(3,4)6-2;2-1(3)4/h1-3H3;(H4,2,3,4). The summed E-state index contributed by atoms with van der Waals surface area (Å²) in [5.74, 6) is 0. The van der Waals surface area contributed by atoms with Crippen LogP contribution in [0.3, 0.4) is 0 Å². The summed E-state index contributed by atoms with van der Waals surface area (Å²) in [6.07, 6.45) is 0. The lowest BCUT2D eigenvalue weighted by Gasteiger charge is -2.04. The van der Waals surface area contributed by atoms with E-state index in [1.807, 2.05) is 0 Å². The molecule has 0 spiro atoms. The molecule has 0 unspecified atom stereocenters. The molecule has 0 aromatic carbocycles. The molecule has 6 nitrogen and oxygen atoms in total. The van der Waals surface area contributed by atoms with Crippen molar-refractivity contribution >= 4 is 13.6 Å². The van der Waals surface area contributed by atoms with E-state index < -0.39 is 13.6 Å². The average molecular weight is 184 g/mol. The molecule has 0 radical (unpaired) electrons. The molecule has 2 amide bonds. The molecule has 0 fully saturated rings. The Morgan fingerprint density at radius 1 is 1.27 bits per heavy atom. The number of urea groups is 1. The van der Waals surface area contributed by atoms with E-state index in [0.29, 0.717) is 0 Å². The van der Waals surface area contributed by atoms with E-state index in [9.17, 15) is 4.57 Å². The van der Waals surface area contributed by atoms with Crippen LogP contribution in [-0.2, 0) is 13.6 Å². The number of nitrogens with two attached hydrogens (primary N) is 2. The third-order valence-electron chi connectivity index (χ3n) is 0.663. The monoisotopic (exact) mass is 184 g/mol. The molecule has 0 aliphatic carbocycles. The van der Waals surface area contributed by atoms with Gasteiger partial charge in [-0.2, -0.15) is 0 Å². The maximum Gasteiger partial charge on any atom is 0.327 e. The summed E-state index contributed by atoms with van der Waals surface area (Å²) >= 11 is 0. The molecule has 11 heavy (non-hydrogen) atoms. The zero-order chi connectivity index (χ0) is 9.49. The van der Waals surface area contributed by atoms with Crippen LogP contribution in [0.2, 0.25) is 0 Å². The van der Waals surface area contributed by atoms with Gasteiger partial charge in [-0.15, -0.1) is 0 Å². The van der Waals surface area contributed by atoms with Crippen LogP contribution >= 0.6 is 7.60 Å². The van der Waals surface area contributed by atoms with E-state index in [4.69, 9.17) is 4.79 Å². The van der Waals surface area contributed by atoms with Gasteiger partial charge in [-0.25, -0.2) is 4.79 Å². The highest BCUT2D eigenvalue weighted by Gasteiger charge is 2.08.